The van der Waals surface area contributed by atoms with Crippen molar-refractivity contribution in [3.8, 4) is 17.6 Å². The third-order valence-corrected chi connectivity index (χ3v) is 8.55. The van der Waals surface area contributed by atoms with E-state index < -0.39 is 0 Å². The van der Waals surface area contributed by atoms with Gasteiger partial charge in [-0.3, -0.25) is 4.90 Å². The van der Waals surface area contributed by atoms with Crippen LogP contribution in [0.15, 0.2) is 76.2 Å². The molecular weight excluding hydrogens is 594 g/mol. The first-order chi connectivity index (χ1) is 19.1. The first kappa shape index (κ1) is 27.4. The van der Waals surface area contributed by atoms with Gasteiger partial charge >= 0.3 is 0 Å². The molecule has 0 radical (unpaired) electrons. The summed E-state index contributed by atoms with van der Waals surface area (Å²) in [4.78, 5) is 8.41. The van der Waals surface area contributed by atoms with Crippen LogP contribution in [0.1, 0.15) is 39.6 Å². The fraction of sp³-hybridized carbons (Fsp3) is 0.226. The van der Waals surface area contributed by atoms with Crippen molar-refractivity contribution in [3.05, 3.63) is 109 Å². The normalized spacial score (nSPS) is 13.3. The fourth-order valence-corrected chi connectivity index (χ4v) is 6.54. The van der Waals surface area contributed by atoms with E-state index in [1.165, 1.54) is 10.4 Å². The van der Waals surface area contributed by atoms with Gasteiger partial charge in [0.25, 0.3) is 0 Å². The van der Waals surface area contributed by atoms with Gasteiger partial charge in [0.2, 0.25) is 0 Å². The Morgan fingerprint density at radius 2 is 1.92 bits per heavy atom. The van der Waals surface area contributed by atoms with Crippen molar-refractivity contribution in [2.75, 3.05) is 13.2 Å². The quantitative estimate of drug-likeness (QED) is 0.177. The Hall–Kier alpha value is -3.15. The summed E-state index contributed by atoms with van der Waals surface area (Å²) >= 11 is 11.5. The van der Waals surface area contributed by atoms with Gasteiger partial charge in [0, 0.05) is 41.3 Å². The van der Waals surface area contributed by atoms with Crippen LogP contribution < -0.4 is 9.47 Å². The van der Waals surface area contributed by atoms with Gasteiger partial charge in [-0.1, -0.05) is 60.1 Å². The zero-order valence-corrected chi connectivity index (χ0v) is 24.7. The summed E-state index contributed by atoms with van der Waals surface area (Å²) in [5, 5.41) is 11.3. The Morgan fingerprint density at radius 1 is 1.13 bits per heavy atom. The second kappa shape index (κ2) is 12.8. The van der Waals surface area contributed by atoms with E-state index in [-0.39, 0.29) is 0 Å². The van der Waals surface area contributed by atoms with E-state index in [9.17, 15) is 5.26 Å². The molecule has 0 saturated heterocycles. The average molecular weight is 621 g/mol. The average Bonchev–Trinajstić information content (AvgIpc) is 3.29. The molecule has 0 amide bonds. The van der Waals surface area contributed by atoms with Crippen LogP contribution in [0.3, 0.4) is 0 Å². The molecule has 0 bridgehead atoms. The minimum Gasteiger partial charge on any atom is -0.490 e. The third kappa shape index (κ3) is 6.54. The number of benzene rings is 3. The first-order valence-corrected chi connectivity index (χ1v) is 14.7. The maximum absolute atomic E-state index is 9.94. The van der Waals surface area contributed by atoms with Crippen LogP contribution in [0.2, 0.25) is 5.02 Å². The van der Waals surface area contributed by atoms with Crippen molar-refractivity contribution in [2.24, 2.45) is 4.99 Å². The summed E-state index contributed by atoms with van der Waals surface area (Å²) in [5.41, 5.74) is 4.86. The second-order valence-electron chi connectivity index (χ2n) is 9.14. The van der Waals surface area contributed by atoms with Crippen molar-refractivity contribution in [1.29, 1.82) is 5.26 Å². The molecule has 5 nitrogen and oxygen atoms in total. The van der Waals surface area contributed by atoms with Crippen molar-refractivity contribution >= 4 is 50.1 Å². The first-order valence-electron chi connectivity index (χ1n) is 12.7. The van der Waals surface area contributed by atoms with Crippen LogP contribution in [0.25, 0.3) is 0 Å². The Kier molecular flexibility index (Phi) is 9.00. The van der Waals surface area contributed by atoms with Crippen molar-refractivity contribution in [1.82, 2.24) is 4.90 Å². The highest BCUT2D eigenvalue weighted by atomic mass is 79.9. The van der Waals surface area contributed by atoms with Gasteiger partial charge in [-0.25, -0.2) is 4.99 Å². The predicted octanol–water partition coefficient (Wildman–Crippen LogP) is 8.32. The van der Waals surface area contributed by atoms with Crippen LogP contribution in [0, 0.1) is 11.3 Å². The van der Waals surface area contributed by atoms with E-state index >= 15 is 0 Å². The lowest BCUT2D eigenvalue weighted by atomic mass is 10.0. The van der Waals surface area contributed by atoms with Gasteiger partial charge in [-0.2, -0.15) is 5.26 Å². The fourth-order valence-electron chi connectivity index (χ4n) is 4.59. The lowest BCUT2D eigenvalue weighted by Gasteiger charge is -2.26. The number of thiophene rings is 1. The number of ether oxygens (including phenoxy) is 2. The third-order valence-electron chi connectivity index (χ3n) is 6.47. The summed E-state index contributed by atoms with van der Waals surface area (Å²) in [6.07, 6.45) is 2.64. The molecule has 198 valence electrons. The number of fused-ring (bicyclic) bond motifs is 1. The summed E-state index contributed by atoms with van der Waals surface area (Å²) in [6.45, 7) is 5.40. The number of nitrogens with zero attached hydrogens (tertiary/aromatic N) is 3. The molecule has 8 heteroatoms. The molecule has 0 atom stereocenters. The van der Waals surface area contributed by atoms with Crippen molar-refractivity contribution in [3.63, 3.8) is 0 Å². The van der Waals surface area contributed by atoms with Crippen LogP contribution in [-0.2, 0) is 26.1 Å². The minimum atomic E-state index is 0.319. The highest BCUT2D eigenvalue weighted by Gasteiger charge is 2.24. The summed E-state index contributed by atoms with van der Waals surface area (Å²) in [7, 11) is 0. The molecule has 0 saturated carbocycles. The molecule has 1 aliphatic heterocycles. The van der Waals surface area contributed by atoms with Gasteiger partial charge < -0.3 is 9.47 Å². The number of rotatable bonds is 9. The molecule has 0 N–H and O–H groups in total. The summed E-state index contributed by atoms with van der Waals surface area (Å²) in [6, 6.07) is 24.4. The molecule has 3 aromatic carbocycles. The van der Waals surface area contributed by atoms with Crippen molar-refractivity contribution in [2.45, 2.75) is 33.0 Å². The Morgan fingerprint density at radius 3 is 2.69 bits per heavy atom. The monoisotopic (exact) mass is 619 g/mol. The summed E-state index contributed by atoms with van der Waals surface area (Å²) < 4.78 is 12.8. The van der Waals surface area contributed by atoms with E-state index in [1.54, 1.807) is 17.6 Å². The van der Waals surface area contributed by atoms with Gasteiger partial charge in [0.05, 0.1) is 16.6 Å². The lowest BCUT2D eigenvalue weighted by molar-refractivity contribution is 0.249. The van der Waals surface area contributed by atoms with E-state index in [4.69, 9.17) is 26.1 Å². The van der Waals surface area contributed by atoms with E-state index in [0.717, 1.165) is 52.2 Å². The van der Waals surface area contributed by atoms with Crippen LogP contribution in [-0.4, -0.2) is 24.3 Å². The molecule has 0 spiro atoms. The Labute approximate surface area is 246 Å². The molecule has 39 heavy (non-hydrogen) atoms. The minimum absolute atomic E-state index is 0.319. The molecule has 0 fully saturated rings. The van der Waals surface area contributed by atoms with E-state index in [0.29, 0.717) is 35.3 Å². The molecule has 4 aromatic rings. The zero-order valence-electron chi connectivity index (χ0n) is 21.5. The number of nitriles is 1. The number of hydrogen-bond acceptors (Lipinski definition) is 6. The standard InChI is InChI=1S/C31H27BrClN3O2S/c1-2-37-28-15-22(14-26(32)30(28)38-20-23-10-6-7-11-27(23)33)17-35-31-25(16-34)24-12-13-36(19-29(24)39-31)18-21-8-4-3-5-9-21/h3-11,14-15,17H,2,12-13,18-20H2,1H3. The molecular formula is C31H27BrClN3O2S. The number of halogens is 2. The number of aliphatic imine (C=N–C) groups is 1. The van der Waals surface area contributed by atoms with Gasteiger partial charge in [0.1, 0.15) is 17.7 Å². The van der Waals surface area contributed by atoms with Crippen LogP contribution in [0.5, 0.6) is 11.5 Å². The van der Waals surface area contributed by atoms with E-state index in [2.05, 4.69) is 51.2 Å². The van der Waals surface area contributed by atoms with E-state index in [1.807, 2.05) is 49.4 Å². The largest absolute Gasteiger partial charge is 0.490 e. The Balaban J connectivity index is 1.35. The SMILES string of the molecule is CCOc1cc(C=Nc2sc3c(c2C#N)CCN(Cc2ccccc2)C3)cc(Br)c1OCc1ccccc1Cl. The molecule has 0 aliphatic carbocycles. The van der Waals surface area contributed by atoms with Crippen LogP contribution in [0.4, 0.5) is 5.00 Å². The molecule has 2 heterocycles. The maximum atomic E-state index is 9.94. The highest BCUT2D eigenvalue weighted by Crippen LogP contribution is 2.40. The molecule has 1 aliphatic rings. The van der Waals surface area contributed by atoms with Crippen LogP contribution >= 0.6 is 38.9 Å². The Bertz CT molecular complexity index is 1530. The highest BCUT2D eigenvalue weighted by molar-refractivity contribution is 9.10. The molecule has 5 rings (SSSR count). The maximum Gasteiger partial charge on any atom is 0.175 e. The number of hydrogen-bond donors (Lipinski definition) is 0. The molecule has 1 aromatic heterocycles. The predicted molar refractivity (Wildman–Crippen MR) is 162 cm³/mol. The smallest absolute Gasteiger partial charge is 0.175 e. The molecule has 0 unspecified atom stereocenters. The van der Waals surface area contributed by atoms with Crippen molar-refractivity contribution < 1.29 is 9.47 Å². The zero-order chi connectivity index (χ0) is 27.2. The van der Waals surface area contributed by atoms with Gasteiger partial charge in [-0.15, -0.1) is 11.3 Å². The summed E-state index contributed by atoms with van der Waals surface area (Å²) in [5.74, 6) is 1.22. The second-order valence-corrected chi connectivity index (χ2v) is 11.5. The van der Waals surface area contributed by atoms with Gasteiger partial charge in [0.15, 0.2) is 11.5 Å². The van der Waals surface area contributed by atoms with Gasteiger partial charge in [-0.05, 0) is 64.2 Å². The lowest BCUT2D eigenvalue weighted by Crippen LogP contribution is -2.29. The topological polar surface area (TPSA) is 57.8 Å².